The minimum Gasteiger partial charge on any atom is -0.396 e. The van der Waals surface area contributed by atoms with Crippen LogP contribution >= 0.6 is 0 Å². The standard InChI is InChI=1S/C5H9FO2/c6-1-5(2-7)3-8-4-5/h7H,1-4H2. The van der Waals surface area contributed by atoms with Crippen LogP contribution in [-0.4, -0.2) is 31.6 Å². The van der Waals surface area contributed by atoms with Crippen LogP contribution in [0, 0.1) is 5.41 Å². The molecule has 0 unspecified atom stereocenters. The summed E-state index contributed by atoms with van der Waals surface area (Å²) in [7, 11) is 0. The molecule has 1 aliphatic rings. The molecule has 1 N–H and O–H groups in total. The van der Waals surface area contributed by atoms with Gasteiger partial charge < -0.3 is 9.84 Å². The van der Waals surface area contributed by atoms with Gasteiger partial charge in [-0.25, -0.2) is 0 Å². The Hall–Kier alpha value is -0.150. The van der Waals surface area contributed by atoms with Crippen molar-refractivity contribution < 1.29 is 14.2 Å². The van der Waals surface area contributed by atoms with Gasteiger partial charge in [0.1, 0.15) is 6.67 Å². The summed E-state index contributed by atoms with van der Waals surface area (Å²) in [6.07, 6.45) is 0. The van der Waals surface area contributed by atoms with Gasteiger partial charge in [-0.05, 0) is 0 Å². The maximum atomic E-state index is 11.9. The zero-order valence-corrected chi connectivity index (χ0v) is 4.56. The molecular formula is C5H9FO2. The maximum absolute atomic E-state index is 11.9. The Bertz CT molecular complexity index is 67.0. The summed E-state index contributed by atoms with van der Waals surface area (Å²) in [5.41, 5.74) is -0.528. The van der Waals surface area contributed by atoms with Crippen molar-refractivity contribution in [3.8, 4) is 0 Å². The lowest BCUT2D eigenvalue weighted by Crippen LogP contribution is -2.47. The van der Waals surface area contributed by atoms with Crippen LogP contribution in [0.15, 0.2) is 0 Å². The van der Waals surface area contributed by atoms with E-state index < -0.39 is 12.1 Å². The van der Waals surface area contributed by atoms with Crippen molar-refractivity contribution in [1.29, 1.82) is 0 Å². The zero-order valence-electron chi connectivity index (χ0n) is 4.56. The monoisotopic (exact) mass is 120 g/mol. The number of aliphatic hydroxyl groups excluding tert-OH is 1. The Morgan fingerprint density at radius 1 is 1.62 bits per heavy atom. The predicted molar refractivity (Wildman–Crippen MR) is 26.3 cm³/mol. The third-order valence-electron chi connectivity index (χ3n) is 1.44. The minimum absolute atomic E-state index is 0.0938. The fourth-order valence-corrected chi connectivity index (χ4v) is 0.601. The van der Waals surface area contributed by atoms with E-state index in [9.17, 15) is 4.39 Å². The van der Waals surface area contributed by atoms with E-state index in [4.69, 9.17) is 9.84 Å². The van der Waals surface area contributed by atoms with Crippen molar-refractivity contribution in [1.82, 2.24) is 0 Å². The van der Waals surface area contributed by atoms with Gasteiger partial charge in [0, 0.05) is 0 Å². The lowest BCUT2D eigenvalue weighted by molar-refractivity contribution is -0.145. The van der Waals surface area contributed by atoms with Crippen LogP contribution in [0.4, 0.5) is 4.39 Å². The summed E-state index contributed by atoms with van der Waals surface area (Å²) in [5, 5.41) is 8.52. The van der Waals surface area contributed by atoms with Crippen molar-refractivity contribution in [2.45, 2.75) is 0 Å². The highest BCUT2D eigenvalue weighted by molar-refractivity contribution is 4.83. The Balaban J connectivity index is 2.33. The largest absolute Gasteiger partial charge is 0.396 e. The number of ether oxygens (including phenoxy) is 1. The van der Waals surface area contributed by atoms with E-state index in [0.717, 1.165) is 0 Å². The highest BCUT2D eigenvalue weighted by Gasteiger charge is 2.37. The van der Waals surface area contributed by atoms with Gasteiger partial charge in [0.15, 0.2) is 0 Å². The smallest absolute Gasteiger partial charge is 0.102 e. The first-order chi connectivity index (χ1) is 3.83. The summed E-state index contributed by atoms with van der Waals surface area (Å²) >= 11 is 0. The molecular weight excluding hydrogens is 111 g/mol. The summed E-state index contributed by atoms with van der Waals surface area (Å²) in [6, 6.07) is 0. The van der Waals surface area contributed by atoms with E-state index in [-0.39, 0.29) is 6.61 Å². The van der Waals surface area contributed by atoms with Crippen LogP contribution in [-0.2, 0) is 4.74 Å². The van der Waals surface area contributed by atoms with E-state index in [0.29, 0.717) is 13.2 Å². The fourth-order valence-electron chi connectivity index (χ4n) is 0.601. The third-order valence-corrected chi connectivity index (χ3v) is 1.44. The average Bonchev–Trinajstić information content (AvgIpc) is 1.67. The molecule has 0 saturated carbocycles. The third kappa shape index (κ3) is 0.717. The normalized spacial score (nSPS) is 24.8. The maximum Gasteiger partial charge on any atom is 0.102 e. The Labute approximate surface area is 47.3 Å². The molecule has 3 heteroatoms. The van der Waals surface area contributed by atoms with E-state index in [1.165, 1.54) is 0 Å². The Kier molecular flexibility index (Phi) is 1.49. The highest BCUT2D eigenvalue weighted by atomic mass is 19.1. The summed E-state index contributed by atoms with van der Waals surface area (Å²) in [4.78, 5) is 0. The molecule has 0 aromatic rings. The number of hydrogen-bond donors (Lipinski definition) is 1. The molecule has 1 fully saturated rings. The molecule has 1 heterocycles. The quantitative estimate of drug-likeness (QED) is 0.554. The van der Waals surface area contributed by atoms with Gasteiger partial charge in [-0.15, -0.1) is 0 Å². The van der Waals surface area contributed by atoms with Crippen molar-refractivity contribution >= 4 is 0 Å². The summed E-state index contributed by atoms with van der Waals surface area (Å²) < 4.78 is 16.6. The van der Waals surface area contributed by atoms with E-state index in [2.05, 4.69) is 0 Å². The molecule has 8 heavy (non-hydrogen) atoms. The molecule has 0 bridgehead atoms. The number of halogens is 1. The second kappa shape index (κ2) is 1.99. The van der Waals surface area contributed by atoms with Crippen LogP contribution in [0.25, 0.3) is 0 Å². The first-order valence-corrected chi connectivity index (χ1v) is 2.58. The van der Waals surface area contributed by atoms with Gasteiger partial charge in [-0.2, -0.15) is 0 Å². The first kappa shape index (κ1) is 5.98. The molecule has 1 rings (SSSR count). The van der Waals surface area contributed by atoms with Gasteiger partial charge in [0.25, 0.3) is 0 Å². The number of rotatable bonds is 2. The molecule has 0 aromatic heterocycles. The molecule has 2 nitrogen and oxygen atoms in total. The van der Waals surface area contributed by atoms with Crippen LogP contribution in [0.3, 0.4) is 0 Å². The highest BCUT2D eigenvalue weighted by Crippen LogP contribution is 2.26. The Morgan fingerprint density at radius 2 is 2.25 bits per heavy atom. The lowest BCUT2D eigenvalue weighted by Gasteiger charge is -2.36. The molecule has 0 aliphatic carbocycles. The van der Waals surface area contributed by atoms with E-state index in [1.54, 1.807) is 0 Å². The molecule has 1 aliphatic heterocycles. The van der Waals surface area contributed by atoms with Gasteiger partial charge in [0.2, 0.25) is 0 Å². The van der Waals surface area contributed by atoms with Gasteiger partial charge >= 0.3 is 0 Å². The molecule has 0 aromatic carbocycles. The molecule has 48 valence electrons. The lowest BCUT2D eigenvalue weighted by atomic mass is 9.89. The van der Waals surface area contributed by atoms with Crippen molar-refractivity contribution in [3.63, 3.8) is 0 Å². The van der Waals surface area contributed by atoms with Gasteiger partial charge in [-0.1, -0.05) is 0 Å². The van der Waals surface area contributed by atoms with Crippen molar-refractivity contribution in [2.75, 3.05) is 26.5 Å². The van der Waals surface area contributed by atoms with Crippen molar-refractivity contribution in [3.05, 3.63) is 0 Å². The van der Waals surface area contributed by atoms with Crippen molar-refractivity contribution in [2.24, 2.45) is 5.41 Å². The second-order valence-corrected chi connectivity index (χ2v) is 2.28. The number of aliphatic hydroxyl groups is 1. The second-order valence-electron chi connectivity index (χ2n) is 2.28. The van der Waals surface area contributed by atoms with Crippen LogP contribution in [0.5, 0.6) is 0 Å². The van der Waals surface area contributed by atoms with Crippen LogP contribution < -0.4 is 0 Å². The molecule has 0 spiro atoms. The van der Waals surface area contributed by atoms with Gasteiger partial charge in [0.05, 0.1) is 25.2 Å². The number of hydrogen-bond acceptors (Lipinski definition) is 2. The predicted octanol–water partition coefficient (Wildman–Crippen LogP) is -0.0352. The molecule has 0 amide bonds. The molecule has 0 atom stereocenters. The molecule has 0 radical (unpaired) electrons. The topological polar surface area (TPSA) is 29.5 Å². The van der Waals surface area contributed by atoms with Crippen LogP contribution in [0.2, 0.25) is 0 Å². The summed E-state index contributed by atoms with van der Waals surface area (Å²) in [5.74, 6) is 0. The van der Waals surface area contributed by atoms with Crippen LogP contribution in [0.1, 0.15) is 0 Å². The van der Waals surface area contributed by atoms with Gasteiger partial charge in [-0.3, -0.25) is 4.39 Å². The van der Waals surface area contributed by atoms with E-state index in [1.807, 2.05) is 0 Å². The fraction of sp³-hybridized carbons (Fsp3) is 1.00. The number of alkyl halides is 1. The minimum atomic E-state index is -0.528. The first-order valence-electron chi connectivity index (χ1n) is 2.58. The summed E-state index contributed by atoms with van der Waals surface area (Å²) in [6.45, 7) is 0.188. The Morgan fingerprint density at radius 3 is 2.25 bits per heavy atom. The average molecular weight is 120 g/mol. The van der Waals surface area contributed by atoms with E-state index >= 15 is 0 Å². The SMILES string of the molecule is OCC1(CF)COC1. The zero-order chi connectivity index (χ0) is 6.04. The molecule has 1 saturated heterocycles.